The van der Waals surface area contributed by atoms with Gasteiger partial charge in [-0.2, -0.15) is 13.7 Å². The van der Waals surface area contributed by atoms with Crippen molar-refractivity contribution < 1.29 is 27.1 Å². The van der Waals surface area contributed by atoms with Crippen LogP contribution in [-0.4, -0.2) is 26.4 Å². The Bertz CT molecular complexity index is 1600. The smallest absolute Gasteiger partial charge is 0.339 e. The Kier molecular flexibility index (Phi) is 9.01. The number of hydrogen-bond acceptors (Lipinski definition) is 8. The number of nitro groups is 1. The van der Waals surface area contributed by atoms with E-state index in [-0.39, 0.29) is 53.4 Å². The maximum atomic E-state index is 12.8. The molecule has 0 aliphatic rings. The number of nitro benzene ring substituents is 1. The molecule has 14 heteroatoms. The van der Waals surface area contributed by atoms with Gasteiger partial charge in [0.05, 0.1) is 32.2 Å². The predicted octanol–water partition coefficient (Wildman–Crippen LogP) is 6.29. The molecule has 0 heterocycles. The SMILES string of the molecule is COc1cc(/C=C(\C#N)C(=O)Nc2c(Cl)cc([N+](=O)[O-])cc2Cl)cc(Br)c1OS(=O)(=O)c1ccc(C)cc1. The first kappa shape index (κ1) is 28.9. The van der Waals surface area contributed by atoms with E-state index in [1.54, 1.807) is 18.2 Å². The molecular weight excluding hydrogens is 625 g/mol. The van der Waals surface area contributed by atoms with E-state index in [1.807, 2.05) is 6.92 Å². The van der Waals surface area contributed by atoms with Crippen molar-refractivity contribution in [1.82, 2.24) is 0 Å². The highest BCUT2D eigenvalue weighted by Crippen LogP contribution is 2.39. The zero-order valence-electron chi connectivity index (χ0n) is 19.5. The topological polar surface area (TPSA) is 149 Å². The van der Waals surface area contributed by atoms with Gasteiger partial charge in [0.15, 0.2) is 11.5 Å². The van der Waals surface area contributed by atoms with Crippen molar-refractivity contribution in [3.05, 3.63) is 89.9 Å². The Morgan fingerprint density at radius 1 is 1.16 bits per heavy atom. The van der Waals surface area contributed by atoms with E-state index in [4.69, 9.17) is 32.1 Å². The van der Waals surface area contributed by atoms with Crippen LogP contribution in [0.5, 0.6) is 11.5 Å². The average Bonchev–Trinajstić information content (AvgIpc) is 2.85. The lowest BCUT2D eigenvalue weighted by Gasteiger charge is -2.14. The summed E-state index contributed by atoms with van der Waals surface area (Å²) in [5.74, 6) is -1.04. The fourth-order valence-electron chi connectivity index (χ4n) is 3.05. The largest absolute Gasteiger partial charge is 0.493 e. The number of hydrogen-bond donors (Lipinski definition) is 1. The van der Waals surface area contributed by atoms with Crippen LogP contribution in [0.15, 0.2) is 63.5 Å². The molecule has 0 saturated carbocycles. The first-order chi connectivity index (χ1) is 17.9. The summed E-state index contributed by atoms with van der Waals surface area (Å²) in [6, 6.07) is 12.6. The Hall–Kier alpha value is -3.63. The molecule has 3 aromatic rings. The predicted molar refractivity (Wildman–Crippen MR) is 145 cm³/mol. The van der Waals surface area contributed by atoms with Crippen molar-refractivity contribution in [3.8, 4) is 17.6 Å². The molecule has 0 aliphatic heterocycles. The van der Waals surface area contributed by atoms with Crippen LogP contribution in [0.3, 0.4) is 0 Å². The van der Waals surface area contributed by atoms with Crippen molar-refractivity contribution in [2.75, 3.05) is 12.4 Å². The lowest BCUT2D eigenvalue weighted by molar-refractivity contribution is -0.384. The van der Waals surface area contributed by atoms with Crippen LogP contribution in [-0.2, 0) is 14.9 Å². The summed E-state index contributed by atoms with van der Waals surface area (Å²) in [6.45, 7) is 1.81. The van der Waals surface area contributed by atoms with Crippen molar-refractivity contribution in [3.63, 3.8) is 0 Å². The van der Waals surface area contributed by atoms with Crippen LogP contribution in [0.4, 0.5) is 11.4 Å². The lowest BCUT2D eigenvalue weighted by atomic mass is 10.1. The normalized spacial score (nSPS) is 11.4. The first-order valence-electron chi connectivity index (χ1n) is 10.3. The summed E-state index contributed by atoms with van der Waals surface area (Å²) in [5, 5.41) is 22.5. The second-order valence-electron chi connectivity index (χ2n) is 7.55. The third kappa shape index (κ3) is 6.62. The number of non-ortho nitro benzene ring substituents is 1. The van der Waals surface area contributed by atoms with Gasteiger partial charge in [-0.3, -0.25) is 14.9 Å². The van der Waals surface area contributed by atoms with E-state index in [2.05, 4.69) is 21.2 Å². The van der Waals surface area contributed by atoms with Gasteiger partial charge in [-0.25, -0.2) is 0 Å². The molecule has 38 heavy (non-hydrogen) atoms. The number of halogens is 3. The van der Waals surface area contributed by atoms with Crippen LogP contribution in [0.25, 0.3) is 6.08 Å². The molecule has 0 spiro atoms. The summed E-state index contributed by atoms with van der Waals surface area (Å²) < 4.78 is 36.3. The van der Waals surface area contributed by atoms with E-state index in [1.165, 1.54) is 37.5 Å². The number of rotatable bonds is 8. The molecule has 10 nitrogen and oxygen atoms in total. The number of amides is 1. The monoisotopic (exact) mass is 639 g/mol. The molecule has 1 N–H and O–H groups in total. The quantitative estimate of drug-likeness (QED) is 0.0992. The minimum absolute atomic E-state index is 0.000433. The van der Waals surface area contributed by atoms with Crippen molar-refractivity contribution in [2.24, 2.45) is 0 Å². The highest BCUT2D eigenvalue weighted by molar-refractivity contribution is 9.10. The van der Waals surface area contributed by atoms with E-state index in [0.29, 0.717) is 0 Å². The molecule has 3 rings (SSSR count). The number of benzene rings is 3. The molecule has 0 bridgehead atoms. The highest BCUT2D eigenvalue weighted by atomic mass is 79.9. The van der Waals surface area contributed by atoms with Crippen molar-refractivity contribution in [1.29, 1.82) is 5.26 Å². The molecule has 0 radical (unpaired) electrons. The number of aryl methyl sites for hydroxylation is 1. The summed E-state index contributed by atoms with van der Waals surface area (Å²) in [6.07, 6.45) is 1.20. The van der Waals surface area contributed by atoms with Crippen molar-refractivity contribution >= 4 is 72.6 Å². The lowest BCUT2D eigenvalue weighted by Crippen LogP contribution is -2.14. The molecule has 0 saturated heterocycles. The Balaban J connectivity index is 1.92. The van der Waals surface area contributed by atoms with E-state index in [0.717, 1.165) is 17.7 Å². The van der Waals surface area contributed by atoms with Gasteiger partial charge < -0.3 is 14.2 Å². The maximum absolute atomic E-state index is 12.8. The van der Waals surface area contributed by atoms with Gasteiger partial charge >= 0.3 is 10.1 Å². The Labute approximate surface area is 235 Å². The third-order valence-corrected chi connectivity index (χ3v) is 7.33. The van der Waals surface area contributed by atoms with Crippen molar-refractivity contribution in [2.45, 2.75) is 11.8 Å². The summed E-state index contributed by atoms with van der Waals surface area (Å²) in [5.41, 5.74) is 0.271. The van der Waals surface area contributed by atoms with E-state index >= 15 is 0 Å². The average molecular weight is 641 g/mol. The van der Waals surface area contributed by atoms with Gasteiger partial charge in [0, 0.05) is 12.1 Å². The number of nitrogens with one attached hydrogen (secondary N) is 1. The van der Waals surface area contributed by atoms with Gasteiger partial charge in [0.1, 0.15) is 16.5 Å². The Morgan fingerprint density at radius 3 is 2.29 bits per heavy atom. The van der Waals surface area contributed by atoms with Gasteiger partial charge in [-0.1, -0.05) is 40.9 Å². The second kappa shape index (κ2) is 11.8. The standard InChI is InChI=1S/C24H16BrCl2N3O7S/c1-13-3-5-17(6-4-13)38(34,35)37-23-18(25)8-14(9-21(23)36-2)7-15(12-28)24(31)29-22-19(26)10-16(30(32)33)11-20(22)27/h3-11H,1-2H3,(H,29,31)/b15-7+. The highest BCUT2D eigenvalue weighted by Gasteiger charge is 2.23. The second-order valence-corrected chi connectivity index (χ2v) is 10.8. The van der Waals surface area contributed by atoms with Gasteiger partial charge in [-0.05, 0) is 58.8 Å². The number of nitrogens with zero attached hydrogens (tertiary/aromatic N) is 2. The van der Waals surface area contributed by atoms with Crippen LogP contribution in [0, 0.1) is 28.4 Å². The van der Waals surface area contributed by atoms with Crippen LogP contribution >= 0.6 is 39.1 Å². The zero-order chi connectivity index (χ0) is 28.2. The van der Waals surface area contributed by atoms with Gasteiger partial charge in [0.25, 0.3) is 11.6 Å². The number of carbonyl (C=O) groups is 1. The fraction of sp³-hybridized carbons (Fsp3) is 0.0833. The minimum Gasteiger partial charge on any atom is -0.493 e. The summed E-state index contributed by atoms with van der Waals surface area (Å²) in [7, 11) is -2.91. The fourth-order valence-corrected chi connectivity index (χ4v) is 5.22. The van der Waals surface area contributed by atoms with Crippen LogP contribution in [0.2, 0.25) is 10.0 Å². The van der Waals surface area contributed by atoms with Crippen LogP contribution < -0.4 is 14.2 Å². The Morgan fingerprint density at radius 2 is 1.76 bits per heavy atom. The minimum atomic E-state index is -4.20. The number of anilines is 1. The molecule has 0 fully saturated rings. The molecule has 0 unspecified atom stereocenters. The summed E-state index contributed by atoms with van der Waals surface area (Å²) in [4.78, 5) is 22.9. The van der Waals surface area contributed by atoms with Gasteiger partial charge in [-0.15, -0.1) is 0 Å². The van der Waals surface area contributed by atoms with Crippen LogP contribution in [0.1, 0.15) is 11.1 Å². The third-order valence-electron chi connectivity index (χ3n) is 4.91. The molecule has 0 aliphatic carbocycles. The molecule has 0 atom stereocenters. The molecule has 0 aromatic heterocycles. The molecular formula is C24H16BrCl2N3O7S. The number of methoxy groups -OCH3 is 1. The van der Waals surface area contributed by atoms with E-state index < -0.39 is 20.9 Å². The first-order valence-corrected chi connectivity index (χ1v) is 13.3. The zero-order valence-corrected chi connectivity index (χ0v) is 23.4. The summed E-state index contributed by atoms with van der Waals surface area (Å²) >= 11 is 15.3. The molecule has 196 valence electrons. The maximum Gasteiger partial charge on any atom is 0.339 e. The molecule has 1 amide bonds. The van der Waals surface area contributed by atoms with Gasteiger partial charge in [0.2, 0.25) is 0 Å². The number of nitriles is 1. The van der Waals surface area contributed by atoms with E-state index in [9.17, 15) is 28.6 Å². The number of ether oxygens (including phenoxy) is 1. The molecule has 3 aromatic carbocycles. The number of carbonyl (C=O) groups excluding carboxylic acids is 1.